The molecule has 0 aliphatic rings. The molecule has 3 heteroatoms. The molecule has 0 aliphatic carbocycles. The Kier molecular flexibility index (Phi) is 4.18. The van der Waals surface area contributed by atoms with E-state index >= 15 is 0 Å². The predicted octanol–water partition coefficient (Wildman–Crippen LogP) is 3.50. The molecule has 0 bridgehead atoms. The molecular formula is C17H20N2O. The van der Waals surface area contributed by atoms with Crippen molar-refractivity contribution in [2.45, 2.75) is 33.7 Å². The van der Waals surface area contributed by atoms with Crippen molar-refractivity contribution in [3.8, 4) is 0 Å². The molecule has 0 saturated heterocycles. The quantitative estimate of drug-likeness (QED) is 0.925. The van der Waals surface area contributed by atoms with Gasteiger partial charge in [-0.2, -0.15) is 0 Å². The van der Waals surface area contributed by atoms with Crippen molar-refractivity contribution in [3.63, 3.8) is 0 Å². The van der Waals surface area contributed by atoms with Crippen LogP contribution in [-0.2, 0) is 0 Å². The zero-order valence-electron chi connectivity index (χ0n) is 12.4. The van der Waals surface area contributed by atoms with Crippen LogP contribution in [0.4, 0.5) is 0 Å². The van der Waals surface area contributed by atoms with E-state index in [2.05, 4.69) is 42.3 Å². The minimum atomic E-state index is -0.0918. The van der Waals surface area contributed by atoms with Crippen LogP contribution >= 0.6 is 0 Å². The number of hydrogen-bond donors (Lipinski definition) is 1. The number of rotatable bonds is 3. The van der Waals surface area contributed by atoms with Gasteiger partial charge in [-0.15, -0.1) is 0 Å². The summed E-state index contributed by atoms with van der Waals surface area (Å²) < 4.78 is 0. The molecule has 1 amide bonds. The van der Waals surface area contributed by atoms with Crippen molar-refractivity contribution < 1.29 is 4.79 Å². The fraction of sp³-hybridized carbons (Fsp3) is 0.294. The highest BCUT2D eigenvalue weighted by Crippen LogP contribution is 2.19. The number of aromatic nitrogens is 1. The van der Waals surface area contributed by atoms with Gasteiger partial charge in [0, 0.05) is 11.9 Å². The zero-order valence-corrected chi connectivity index (χ0v) is 12.4. The average Bonchev–Trinajstić information content (AvgIpc) is 2.42. The number of benzene rings is 1. The molecule has 1 N–H and O–H groups in total. The van der Waals surface area contributed by atoms with E-state index in [4.69, 9.17) is 0 Å². The van der Waals surface area contributed by atoms with Crippen LogP contribution in [0.15, 0.2) is 36.5 Å². The van der Waals surface area contributed by atoms with Crippen LogP contribution in [0, 0.1) is 20.8 Å². The lowest BCUT2D eigenvalue weighted by atomic mass is 10.00. The number of pyridine rings is 1. The fourth-order valence-corrected chi connectivity index (χ4v) is 2.19. The smallest absolute Gasteiger partial charge is 0.253 e. The first kappa shape index (κ1) is 14.3. The van der Waals surface area contributed by atoms with Gasteiger partial charge < -0.3 is 5.32 Å². The highest BCUT2D eigenvalue weighted by molar-refractivity contribution is 5.94. The van der Waals surface area contributed by atoms with E-state index in [1.165, 1.54) is 11.1 Å². The van der Waals surface area contributed by atoms with Crippen LogP contribution in [0.5, 0.6) is 0 Å². The van der Waals surface area contributed by atoms with E-state index in [1.54, 1.807) is 12.3 Å². The number of carbonyl (C=O) groups is 1. The maximum Gasteiger partial charge on any atom is 0.253 e. The van der Waals surface area contributed by atoms with Gasteiger partial charge in [0.05, 0.1) is 11.6 Å². The lowest BCUT2D eigenvalue weighted by Gasteiger charge is -2.17. The maximum atomic E-state index is 12.2. The highest BCUT2D eigenvalue weighted by atomic mass is 16.1. The molecule has 1 aromatic heterocycles. The molecule has 104 valence electrons. The Bertz CT molecular complexity index is 617. The van der Waals surface area contributed by atoms with E-state index in [0.717, 1.165) is 11.3 Å². The topological polar surface area (TPSA) is 42.0 Å². The second-order valence-electron chi connectivity index (χ2n) is 5.24. The number of amides is 1. The molecule has 0 radical (unpaired) electrons. The molecule has 0 spiro atoms. The summed E-state index contributed by atoms with van der Waals surface area (Å²) >= 11 is 0. The molecule has 0 fully saturated rings. The number of hydrogen-bond acceptors (Lipinski definition) is 2. The molecule has 1 heterocycles. The van der Waals surface area contributed by atoms with Gasteiger partial charge >= 0.3 is 0 Å². The highest BCUT2D eigenvalue weighted by Gasteiger charge is 2.13. The second-order valence-corrected chi connectivity index (χ2v) is 5.24. The van der Waals surface area contributed by atoms with Crippen LogP contribution < -0.4 is 5.32 Å². The molecule has 2 rings (SSSR count). The fourth-order valence-electron chi connectivity index (χ4n) is 2.19. The van der Waals surface area contributed by atoms with E-state index < -0.39 is 0 Å². The summed E-state index contributed by atoms with van der Waals surface area (Å²) in [5.41, 5.74) is 5.03. The molecule has 1 unspecified atom stereocenters. The molecular weight excluding hydrogens is 248 g/mol. The Labute approximate surface area is 120 Å². The molecule has 0 aliphatic heterocycles. The number of nitrogens with one attached hydrogen (secondary N) is 1. The van der Waals surface area contributed by atoms with Gasteiger partial charge in [-0.25, -0.2) is 0 Å². The normalized spacial score (nSPS) is 12.0. The van der Waals surface area contributed by atoms with Gasteiger partial charge in [-0.3, -0.25) is 9.78 Å². The Hall–Kier alpha value is -2.16. The van der Waals surface area contributed by atoms with Gasteiger partial charge in [0.25, 0.3) is 5.91 Å². The lowest BCUT2D eigenvalue weighted by Crippen LogP contribution is -2.27. The van der Waals surface area contributed by atoms with Crippen molar-refractivity contribution in [1.82, 2.24) is 10.3 Å². The summed E-state index contributed by atoms with van der Waals surface area (Å²) in [6, 6.07) is 9.90. The first-order valence-electron chi connectivity index (χ1n) is 6.78. The monoisotopic (exact) mass is 268 g/mol. The molecule has 2 aromatic rings. The first-order chi connectivity index (χ1) is 9.47. The van der Waals surface area contributed by atoms with Crippen LogP contribution in [0.1, 0.15) is 45.7 Å². The number of nitrogens with zero attached hydrogens (tertiary/aromatic N) is 1. The Morgan fingerprint density at radius 3 is 2.55 bits per heavy atom. The summed E-state index contributed by atoms with van der Waals surface area (Å²) in [6.07, 6.45) is 1.61. The third-order valence-corrected chi connectivity index (χ3v) is 3.42. The third-order valence-electron chi connectivity index (χ3n) is 3.42. The second kappa shape index (κ2) is 5.87. The van der Waals surface area contributed by atoms with E-state index in [0.29, 0.717) is 5.56 Å². The summed E-state index contributed by atoms with van der Waals surface area (Å²) in [4.78, 5) is 16.3. The Morgan fingerprint density at radius 2 is 1.90 bits per heavy atom. The predicted molar refractivity (Wildman–Crippen MR) is 80.8 cm³/mol. The minimum Gasteiger partial charge on any atom is -0.345 e. The Morgan fingerprint density at radius 1 is 1.15 bits per heavy atom. The van der Waals surface area contributed by atoms with Gasteiger partial charge in [-0.05, 0) is 51.0 Å². The van der Waals surface area contributed by atoms with Crippen molar-refractivity contribution in [1.29, 1.82) is 0 Å². The SMILES string of the molecule is Cc1ccc(C)c(C(C)NC(=O)c2ccc(C)nc2)c1. The standard InChI is InChI=1S/C17H20N2O/c1-11-5-6-12(2)16(9-11)14(4)19-17(20)15-8-7-13(3)18-10-15/h5-10,14H,1-4H3,(H,19,20). The van der Waals surface area contributed by atoms with Crippen molar-refractivity contribution >= 4 is 5.91 Å². The van der Waals surface area contributed by atoms with Crippen LogP contribution in [0.2, 0.25) is 0 Å². The first-order valence-corrected chi connectivity index (χ1v) is 6.78. The van der Waals surface area contributed by atoms with Gasteiger partial charge in [0.15, 0.2) is 0 Å². The van der Waals surface area contributed by atoms with E-state index in [9.17, 15) is 4.79 Å². The number of carbonyl (C=O) groups excluding carboxylic acids is 1. The summed E-state index contributed by atoms with van der Waals surface area (Å²) in [7, 11) is 0. The zero-order chi connectivity index (χ0) is 14.7. The van der Waals surface area contributed by atoms with Crippen LogP contribution in [0.3, 0.4) is 0 Å². The summed E-state index contributed by atoms with van der Waals surface area (Å²) in [6.45, 7) is 8.02. The molecule has 1 aromatic carbocycles. The summed E-state index contributed by atoms with van der Waals surface area (Å²) in [5.74, 6) is -0.0918. The summed E-state index contributed by atoms with van der Waals surface area (Å²) in [5, 5.41) is 3.02. The molecule has 3 nitrogen and oxygen atoms in total. The molecule has 1 atom stereocenters. The van der Waals surface area contributed by atoms with Gasteiger partial charge in [0.2, 0.25) is 0 Å². The number of aryl methyl sites for hydroxylation is 3. The van der Waals surface area contributed by atoms with Crippen molar-refractivity contribution in [2.75, 3.05) is 0 Å². The molecule has 0 saturated carbocycles. The van der Waals surface area contributed by atoms with Crippen molar-refractivity contribution in [2.24, 2.45) is 0 Å². The van der Waals surface area contributed by atoms with Crippen LogP contribution in [0.25, 0.3) is 0 Å². The van der Waals surface area contributed by atoms with Crippen molar-refractivity contribution in [3.05, 3.63) is 64.5 Å². The third kappa shape index (κ3) is 3.23. The molecule has 20 heavy (non-hydrogen) atoms. The average molecular weight is 268 g/mol. The van der Waals surface area contributed by atoms with Crippen LogP contribution in [-0.4, -0.2) is 10.9 Å². The van der Waals surface area contributed by atoms with E-state index in [1.807, 2.05) is 19.9 Å². The maximum absolute atomic E-state index is 12.2. The largest absolute Gasteiger partial charge is 0.345 e. The Balaban J connectivity index is 2.15. The van der Waals surface area contributed by atoms with Gasteiger partial charge in [0.1, 0.15) is 0 Å². The minimum absolute atomic E-state index is 0.0243. The van der Waals surface area contributed by atoms with E-state index in [-0.39, 0.29) is 11.9 Å². The van der Waals surface area contributed by atoms with Gasteiger partial charge in [-0.1, -0.05) is 23.8 Å². The lowest BCUT2D eigenvalue weighted by molar-refractivity contribution is 0.0939.